The summed E-state index contributed by atoms with van der Waals surface area (Å²) in [5.74, 6) is 1.34. The third kappa shape index (κ3) is 2.58. The highest BCUT2D eigenvalue weighted by Crippen LogP contribution is 2.31. The highest BCUT2D eigenvalue weighted by molar-refractivity contribution is 5.83. The fourth-order valence-electron chi connectivity index (χ4n) is 1.72. The van der Waals surface area contributed by atoms with E-state index in [9.17, 15) is 0 Å². The Morgan fingerprint density at radius 2 is 1.93 bits per heavy atom. The summed E-state index contributed by atoms with van der Waals surface area (Å²) in [7, 11) is 2.01. The number of nitrogens with zero attached hydrogens (tertiary/aromatic N) is 1. The van der Waals surface area contributed by atoms with Crippen LogP contribution in [0.3, 0.4) is 0 Å². The standard InChI is InChI=1S/C13H18N2/c1-10-3-5-11(6-4-10)9-15(2)13(14)12-7-8-12/h3-6,12,14H,7-9H2,1-2H3. The van der Waals surface area contributed by atoms with Crippen LogP contribution in [0.1, 0.15) is 24.0 Å². The van der Waals surface area contributed by atoms with Gasteiger partial charge in [0.1, 0.15) is 0 Å². The van der Waals surface area contributed by atoms with Crippen molar-refractivity contribution in [2.75, 3.05) is 7.05 Å². The third-order valence-electron chi connectivity index (χ3n) is 2.92. The molecule has 0 heterocycles. The predicted molar refractivity (Wildman–Crippen MR) is 63.1 cm³/mol. The minimum Gasteiger partial charge on any atom is -0.359 e. The molecule has 1 aromatic carbocycles. The Kier molecular flexibility index (Phi) is 2.76. The Balaban J connectivity index is 1.95. The van der Waals surface area contributed by atoms with E-state index in [0.29, 0.717) is 5.92 Å². The lowest BCUT2D eigenvalue weighted by Crippen LogP contribution is -2.26. The van der Waals surface area contributed by atoms with Crippen molar-refractivity contribution in [2.24, 2.45) is 5.92 Å². The SMILES string of the molecule is Cc1ccc(CN(C)C(=N)C2CC2)cc1. The van der Waals surface area contributed by atoms with Crippen molar-refractivity contribution >= 4 is 5.84 Å². The number of aryl methyl sites for hydroxylation is 1. The molecule has 2 nitrogen and oxygen atoms in total. The number of hydrogen-bond acceptors (Lipinski definition) is 1. The molecule has 0 aliphatic heterocycles. The second-order valence-corrected chi connectivity index (χ2v) is 4.50. The molecule has 0 unspecified atom stereocenters. The number of rotatable bonds is 3. The average molecular weight is 202 g/mol. The van der Waals surface area contributed by atoms with Gasteiger partial charge >= 0.3 is 0 Å². The van der Waals surface area contributed by atoms with Crippen LogP contribution in [0.2, 0.25) is 0 Å². The summed E-state index contributed by atoms with van der Waals surface area (Å²) in [6.07, 6.45) is 2.41. The van der Waals surface area contributed by atoms with Gasteiger partial charge in [0.2, 0.25) is 0 Å². The third-order valence-corrected chi connectivity index (χ3v) is 2.92. The Morgan fingerprint density at radius 1 is 1.33 bits per heavy atom. The molecule has 80 valence electrons. The van der Waals surface area contributed by atoms with Crippen LogP contribution in [-0.4, -0.2) is 17.8 Å². The molecule has 0 spiro atoms. The molecule has 1 aliphatic rings. The first-order chi connectivity index (χ1) is 7.16. The minimum atomic E-state index is 0.542. The van der Waals surface area contributed by atoms with Crippen LogP contribution in [0.5, 0.6) is 0 Å². The molecule has 0 atom stereocenters. The van der Waals surface area contributed by atoms with E-state index in [2.05, 4.69) is 36.1 Å². The summed E-state index contributed by atoms with van der Waals surface area (Å²) in [6, 6.07) is 8.55. The van der Waals surface area contributed by atoms with Crippen molar-refractivity contribution in [3.05, 3.63) is 35.4 Å². The van der Waals surface area contributed by atoms with Gasteiger partial charge in [-0.1, -0.05) is 29.8 Å². The van der Waals surface area contributed by atoms with E-state index in [1.165, 1.54) is 24.0 Å². The Labute approximate surface area is 91.4 Å². The summed E-state index contributed by atoms with van der Waals surface area (Å²) in [5.41, 5.74) is 2.58. The Morgan fingerprint density at radius 3 is 2.47 bits per heavy atom. The van der Waals surface area contributed by atoms with Gasteiger partial charge in [0.25, 0.3) is 0 Å². The van der Waals surface area contributed by atoms with Crippen molar-refractivity contribution in [2.45, 2.75) is 26.3 Å². The second-order valence-electron chi connectivity index (χ2n) is 4.50. The van der Waals surface area contributed by atoms with E-state index in [-0.39, 0.29) is 0 Å². The maximum atomic E-state index is 7.93. The zero-order valence-corrected chi connectivity index (χ0v) is 9.46. The summed E-state index contributed by atoms with van der Waals surface area (Å²) in [5, 5.41) is 7.93. The van der Waals surface area contributed by atoms with E-state index in [1.54, 1.807) is 0 Å². The first-order valence-electron chi connectivity index (χ1n) is 5.52. The lowest BCUT2D eigenvalue weighted by atomic mass is 10.1. The van der Waals surface area contributed by atoms with Crippen molar-refractivity contribution in [1.82, 2.24) is 4.90 Å². The molecule has 0 amide bonds. The second kappa shape index (κ2) is 4.05. The summed E-state index contributed by atoms with van der Waals surface area (Å²) < 4.78 is 0. The molecule has 1 aromatic rings. The predicted octanol–water partition coefficient (Wildman–Crippen LogP) is 2.81. The van der Waals surface area contributed by atoms with E-state index < -0.39 is 0 Å². The molecule has 1 N–H and O–H groups in total. The van der Waals surface area contributed by atoms with Gasteiger partial charge in [-0.05, 0) is 25.3 Å². The van der Waals surface area contributed by atoms with Gasteiger partial charge in [0, 0.05) is 19.5 Å². The van der Waals surface area contributed by atoms with Crippen LogP contribution in [0.25, 0.3) is 0 Å². The fraction of sp³-hybridized carbons (Fsp3) is 0.462. The molecule has 2 rings (SSSR count). The number of amidine groups is 1. The van der Waals surface area contributed by atoms with Gasteiger partial charge in [0.05, 0.1) is 5.84 Å². The highest BCUT2D eigenvalue weighted by atomic mass is 15.1. The van der Waals surface area contributed by atoms with E-state index >= 15 is 0 Å². The van der Waals surface area contributed by atoms with E-state index in [1.807, 2.05) is 7.05 Å². The maximum Gasteiger partial charge on any atom is 0.0989 e. The van der Waals surface area contributed by atoms with Crippen molar-refractivity contribution < 1.29 is 0 Å². The van der Waals surface area contributed by atoms with Crippen LogP contribution in [0.15, 0.2) is 24.3 Å². The highest BCUT2D eigenvalue weighted by Gasteiger charge is 2.28. The van der Waals surface area contributed by atoms with E-state index in [4.69, 9.17) is 5.41 Å². The molecule has 0 radical (unpaired) electrons. The molecule has 1 fully saturated rings. The zero-order valence-electron chi connectivity index (χ0n) is 9.46. The van der Waals surface area contributed by atoms with Crippen LogP contribution in [0, 0.1) is 18.3 Å². The average Bonchev–Trinajstić information content (AvgIpc) is 3.04. The lowest BCUT2D eigenvalue weighted by Gasteiger charge is -2.19. The summed E-state index contributed by atoms with van der Waals surface area (Å²) in [6.45, 7) is 2.95. The molecule has 0 aromatic heterocycles. The largest absolute Gasteiger partial charge is 0.359 e. The Bertz CT molecular complexity index is 349. The Hall–Kier alpha value is -1.31. The van der Waals surface area contributed by atoms with Gasteiger partial charge in [0.15, 0.2) is 0 Å². The molecule has 1 aliphatic carbocycles. The topological polar surface area (TPSA) is 27.1 Å². The molecule has 15 heavy (non-hydrogen) atoms. The van der Waals surface area contributed by atoms with Crippen molar-refractivity contribution in [3.8, 4) is 0 Å². The molecular weight excluding hydrogens is 184 g/mol. The van der Waals surface area contributed by atoms with Crippen LogP contribution in [-0.2, 0) is 6.54 Å². The lowest BCUT2D eigenvalue weighted by molar-refractivity contribution is 0.481. The first-order valence-corrected chi connectivity index (χ1v) is 5.52. The molecule has 2 heteroatoms. The van der Waals surface area contributed by atoms with Crippen molar-refractivity contribution in [3.63, 3.8) is 0 Å². The van der Waals surface area contributed by atoms with Crippen LogP contribution < -0.4 is 0 Å². The van der Waals surface area contributed by atoms with E-state index in [0.717, 1.165) is 12.4 Å². The van der Waals surface area contributed by atoms with Crippen molar-refractivity contribution in [1.29, 1.82) is 5.41 Å². The van der Waals surface area contributed by atoms with Crippen LogP contribution >= 0.6 is 0 Å². The summed E-state index contributed by atoms with van der Waals surface area (Å²) in [4.78, 5) is 2.06. The molecule has 0 bridgehead atoms. The monoisotopic (exact) mass is 202 g/mol. The maximum absolute atomic E-state index is 7.93. The molecular formula is C13H18N2. The van der Waals surface area contributed by atoms with Gasteiger partial charge in [-0.2, -0.15) is 0 Å². The number of nitrogens with one attached hydrogen (secondary N) is 1. The molecule has 1 saturated carbocycles. The normalized spacial score (nSPS) is 15.1. The minimum absolute atomic E-state index is 0.542. The first kappa shape index (κ1) is 10.2. The molecule has 0 saturated heterocycles. The van der Waals surface area contributed by atoms with Gasteiger partial charge < -0.3 is 4.90 Å². The summed E-state index contributed by atoms with van der Waals surface area (Å²) >= 11 is 0. The van der Waals surface area contributed by atoms with Gasteiger partial charge in [-0.3, -0.25) is 5.41 Å². The number of hydrogen-bond donors (Lipinski definition) is 1. The van der Waals surface area contributed by atoms with Gasteiger partial charge in [-0.25, -0.2) is 0 Å². The fourth-order valence-corrected chi connectivity index (χ4v) is 1.72. The number of benzene rings is 1. The van der Waals surface area contributed by atoms with Crippen LogP contribution in [0.4, 0.5) is 0 Å². The zero-order chi connectivity index (χ0) is 10.8. The van der Waals surface area contributed by atoms with Gasteiger partial charge in [-0.15, -0.1) is 0 Å². The quantitative estimate of drug-likeness (QED) is 0.592. The smallest absolute Gasteiger partial charge is 0.0989 e.